The van der Waals surface area contributed by atoms with Gasteiger partial charge in [-0.2, -0.15) is 0 Å². The minimum absolute atomic E-state index is 0.0586. The molecule has 0 saturated carbocycles. The second kappa shape index (κ2) is 7.77. The normalized spacial score (nSPS) is 16.4. The molecular formula is C18H29N3O2. The number of rotatable bonds is 6. The molecule has 0 radical (unpaired) electrons. The number of aryl methyl sites for hydroxylation is 1. The van der Waals surface area contributed by atoms with Crippen molar-refractivity contribution in [2.45, 2.75) is 40.0 Å². The van der Waals surface area contributed by atoms with Crippen LogP contribution in [0, 0.1) is 18.3 Å². The number of pyridine rings is 1. The number of carbonyl (C=O) groups excluding carboxylic acids is 1. The number of aliphatic hydroxyl groups is 1. The Labute approximate surface area is 139 Å². The Morgan fingerprint density at radius 3 is 2.65 bits per heavy atom. The van der Waals surface area contributed by atoms with Crippen molar-refractivity contribution < 1.29 is 9.90 Å². The number of nitrogens with one attached hydrogen (secondary N) is 1. The van der Waals surface area contributed by atoms with Crippen molar-refractivity contribution in [3.05, 3.63) is 23.9 Å². The third-order valence-corrected chi connectivity index (χ3v) is 4.62. The summed E-state index contributed by atoms with van der Waals surface area (Å²) >= 11 is 0. The first kappa shape index (κ1) is 17.7. The molecular weight excluding hydrogens is 290 g/mol. The van der Waals surface area contributed by atoms with Crippen LogP contribution in [-0.2, 0) is 4.79 Å². The third kappa shape index (κ3) is 5.20. The number of amides is 1. The van der Waals surface area contributed by atoms with Crippen LogP contribution in [0.4, 0.5) is 5.82 Å². The quantitative estimate of drug-likeness (QED) is 0.843. The van der Waals surface area contributed by atoms with E-state index in [9.17, 15) is 4.79 Å². The summed E-state index contributed by atoms with van der Waals surface area (Å²) in [5, 5.41) is 12.1. The summed E-state index contributed by atoms with van der Waals surface area (Å²) in [5.41, 5.74) is 1.10. The smallest absolute Gasteiger partial charge is 0.223 e. The Kier molecular flexibility index (Phi) is 5.99. The van der Waals surface area contributed by atoms with Gasteiger partial charge in [0.25, 0.3) is 0 Å². The highest BCUT2D eigenvalue weighted by molar-refractivity contribution is 5.79. The zero-order chi connectivity index (χ0) is 16.9. The molecule has 0 unspecified atom stereocenters. The van der Waals surface area contributed by atoms with E-state index >= 15 is 0 Å². The number of anilines is 1. The molecule has 0 bridgehead atoms. The van der Waals surface area contributed by atoms with Gasteiger partial charge in [-0.05, 0) is 43.2 Å². The molecule has 0 spiro atoms. The van der Waals surface area contributed by atoms with Crippen molar-refractivity contribution in [1.82, 2.24) is 10.3 Å². The lowest BCUT2D eigenvalue weighted by Gasteiger charge is -2.33. The summed E-state index contributed by atoms with van der Waals surface area (Å²) in [6.45, 7) is 8.68. The SMILES string of the molecule is Cc1ccc(N2CCC(C(=O)NCC(C)(C)CCO)CC2)nc1. The van der Waals surface area contributed by atoms with Gasteiger partial charge in [-0.25, -0.2) is 4.98 Å². The molecule has 2 rings (SSSR count). The van der Waals surface area contributed by atoms with Crippen LogP contribution in [0.5, 0.6) is 0 Å². The Balaban J connectivity index is 1.79. The van der Waals surface area contributed by atoms with E-state index in [0.29, 0.717) is 13.0 Å². The monoisotopic (exact) mass is 319 g/mol. The third-order valence-electron chi connectivity index (χ3n) is 4.62. The summed E-state index contributed by atoms with van der Waals surface area (Å²) in [4.78, 5) is 19.0. The van der Waals surface area contributed by atoms with E-state index in [-0.39, 0.29) is 23.8 Å². The van der Waals surface area contributed by atoms with E-state index in [4.69, 9.17) is 5.11 Å². The average molecular weight is 319 g/mol. The average Bonchev–Trinajstić information content (AvgIpc) is 2.53. The van der Waals surface area contributed by atoms with Crippen LogP contribution in [0.15, 0.2) is 18.3 Å². The van der Waals surface area contributed by atoms with E-state index in [1.807, 2.05) is 19.2 Å². The van der Waals surface area contributed by atoms with Gasteiger partial charge < -0.3 is 15.3 Å². The predicted molar refractivity (Wildman–Crippen MR) is 92.4 cm³/mol. The fraction of sp³-hybridized carbons (Fsp3) is 0.667. The van der Waals surface area contributed by atoms with E-state index in [0.717, 1.165) is 37.3 Å². The topological polar surface area (TPSA) is 65.5 Å². The number of hydrogen-bond acceptors (Lipinski definition) is 4. The van der Waals surface area contributed by atoms with E-state index in [1.165, 1.54) is 0 Å². The van der Waals surface area contributed by atoms with Crippen LogP contribution in [0.3, 0.4) is 0 Å². The second-order valence-electron chi connectivity index (χ2n) is 7.31. The highest BCUT2D eigenvalue weighted by Gasteiger charge is 2.27. The van der Waals surface area contributed by atoms with E-state index in [2.05, 4.69) is 35.1 Å². The first-order chi connectivity index (χ1) is 10.9. The van der Waals surface area contributed by atoms with Crippen molar-refractivity contribution in [3.63, 3.8) is 0 Å². The summed E-state index contributed by atoms with van der Waals surface area (Å²) < 4.78 is 0. The summed E-state index contributed by atoms with van der Waals surface area (Å²) in [7, 11) is 0. The number of aromatic nitrogens is 1. The number of hydrogen-bond donors (Lipinski definition) is 2. The van der Waals surface area contributed by atoms with Crippen molar-refractivity contribution in [2.75, 3.05) is 31.1 Å². The van der Waals surface area contributed by atoms with Gasteiger partial charge >= 0.3 is 0 Å². The zero-order valence-electron chi connectivity index (χ0n) is 14.5. The minimum atomic E-state index is -0.0586. The molecule has 0 aromatic carbocycles. The lowest BCUT2D eigenvalue weighted by molar-refractivity contribution is -0.126. The molecule has 1 saturated heterocycles. The van der Waals surface area contributed by atoms with Crippen LogP contribution in [-0.4, -0.2) is 42.2 Å². The van der Waals surface area contributed by atoms with Gasteiger partial charge in [-0.15, -0.1) is 0 Å². The van der Waals surface area contributed by atoms with Crippen LogP contribution in [0.1, 0.15) is 38.7 Å². The molecule has 1 aliphatic rings. The first-order valence-corrected chi connectivity index (χ1v) is 8.47. The molecule has 128 valence electrons. The molecule has 5 nitrogen and oxygen atoms in total. The fourth-order valence-corrected chi connectivity index (χ4v) is 2.88. The van der Waals surface area contributed by atoms with Gasteiger partial charge in [-0.1, -0.05) is 19.9 Å². The molecule has 0 aliphatic carbocycles. The summed E-state index contributed by atoms with van der Waals surface area (Å²) in [6.07, 6.45) is 4.31. The lowest BCUT2D eigenvalue weighted by Crippen LogP contribution is -2.43. The van der Waals surface area contributed by atoms with Gasteiger partial charge in [0.15, 0.2) is 0 Å². The van der Waals surface area contributed by atoms with Gasteiger partial charge in [0, 0.05) is 38.4 Å². The molecule has 2 heterocycles. The van der Waals surface area contributed by atoms with E-state index in [1.54, 1.807) is 0 Å². The lowest BCUT2D eigenvalue weighted by atomic mass is 9.89. The van der Waals surface area contributed by atoms with Gasteiger partial charge in [0.05, 0.1) is 0 Å². The zero-order valence-corrected chi connectivity index (χ0v) is 14.5. The number of carbonyl (C=O) groups is 1. The summed E-state index contributed by atoms with van der Waals surface area (Å²) in [5.74, 6) is 1.23. The molecule has 5 heteroatoms. The van der Waals surface area contributed by atoms with E-state index < -0.39 is 0 Å². The predicted octanol–water partition coefficient (Wildman–Crippen LogP) is 2.13. The molecule has 0 atom stereocenters. The second-order valence-corrected chi connectivity index (χ2v) is 7.31. The largest absolute Gasteiger partial charge is 0.396 e. The first-order valence-electron chi connectivity index (χ1n) is 8.47. The van der Waals surface area contributed by atoms with Crippen molar-refractivity contribution >= 4 is 11.7 Å². The van der Waals surface area contributed by atoms with Crippen molar-refractivity contribution in [3.8, 4) is 0 Å². The Hall–Kier alpha value is -1.62. The molecule has 1 amide bonds. The van der Waals surface area contributed by atoms with Crippen molar-refractivity contribution in [2.24, 2.45) is 11.3 Å². The standard InChI is InChI=1S/C18H29N3O2/c1-14-4-5-16(19-12-14)21-9-6-15(7-10-21)17(23)20-13-18(2,3)8-11-22/h4-5,12,15,22H,6-11,13H2,1-3H3,(H,20,23). The Morgan fingerprint density at radius 2 is 2.09 bits per heavy atom. The molecule has 1 fully saturated rings. The highest BCUT2D eigenvalue weighted by atomic mass is 16.3. The van der Waals surface area contributed by atoms with Crippen LogP contribution in [0.25, 0.3) is 0 Å². The van der Waals surface area contributed by atoms with Crippen LogP contribution in [0.2, 0.25) is 0 Å². The summed E-state index contributed by atoms with van der Waals surface area (Å²) in [6, 6.07) is 4.12. The molecule has 2 N–H and O–H groups in total. The van der Waals surface area contributed by atoms with Gasteiger partial charge in [0.1, 0.15) is 5.82 Å². The molecule has 1 aliphatic heterocycles. The van der Waals surface area contributed by atoms with Gasteiger partial charge in [-0.3, -0.25) is 4.79 Å². The highest BCUT2D eigenvalue weighted by Crippen LogP contribution is 2.23. The maximum absolute atomic E-state index is 12.3. The number of piperidine rings is 1. The van der Waals surface area contributed by atoms with Crippen LogP contribution >= 0.6 is 0 Å². The number of nitrogens with zero attached hydrogens (tertiary/aromatic N) is 2. The Bertz CT molecular complexity index is 506. The van der Waals surface area contributed by atoms with Crippen molar-refractivity contribution in [1.29, 1.82) is 0 Å². The fourth-order valence-electron chi connectivity index (χ4n) is 2.88. The molecule has 23 heavy (non-hydrogen) atoms. The minimum Gasteiger partial charge on any atom is -0.396 e. The molecule has 1 aromatic heterocycles. The maximum atomic E-state index is 12.3. The molecule has 1 aromatic rings. The maximum Gasteiger partial charge on any atom is 0.223 e. The number of aliphatic hydroxyl groups excluding tert-OH is 1. The van der Waals surface area contributed by atoms with Crippen LogP contribution < -0.4 is 10.2 Å². The Morgan fingerprint density at radius 1 is 1.39 bits per heavy atom. The van der Waals surface area contributed by atoms with Gasteiger partial charge in [0.2, 0.25) is 5.91 Å².